The molecular weight excluding hydrogens is 342 g/mol. The molecule has 0 heterocycles. The number of carbonyl (C=O) groups excluding carboxylic acids is 1. The molecule has 0 aliphatic rings. The zero-order valence-corrected chi connectivity index (χ0v) is 13.7. The second kappa shape index (κ2) is 7.34. The summed E-state index contributed by atoms with van der Waals surface area (Å²) in [7, 11) is 2.66. The van der Waals surface area contributed by atoms with Gasteiger partial charge in [0.2, 0.25) is 0 Å². The fourth-order valence-electron chi connectivity index (χ4n) is 1.82. The molecule has 23 heavy (non-hydrogen) atoms. The SMILES string of the molecule is COc1ccc(NC(=O)OCc2ccccc2)cc1S(=O)(=O)Cl. The lowest BCUT2D eigenvalue weighted by Gasteiger charge is -2.10. The Bertz CT molecular complexity index is 793. The smallest absolute Gasteiger partial charge is 0.411 e. The van der Waals surface area contributed by atoms with Crippen LogP contribution in [0.25, 0.3) is 0 Å². The molecule has 0 radical (unpaired) electrons. The molecule has 0 atom stereocenters. The fourth-order valence-corrected chi connectivity index (χ4v) is 2.84. The zero-order valence-electron chi connectivity index (χ0n) is 12.2. The van der Waals surface area contributed by atoms with E-state index in [0.717, 1.165) is 5.56 Å². The molecule has 1 N–H and O–H groups in total. The first-order valence-corrected chi connectivity index (χ1v) is 8.81. The number of rotatable bonds is 5. The Morgan fingerprint density at radius 2 is 1.87 bits per heavy atom. The van der Waals surface area contributed by atoms with E-state index in [1.54, 1.807) is 0 Å². The average Bonchev–Trinajstić information content (AvgIpc) is 2.53. The standard InChI is InChI=1S/C15H14ClNO5S/c1-21-13-8-7-12(9-14(13)23(16,19)20)17-15(18)22-10-11-5-3-2-4-6-11/h2-9H,10H2,1H3,(H,17,18). The van der Waals surface area contributed by atoms with Gasteiger partial charge in [-0.25, -0.2) is 13.2 Å². The predicted octanol–water partition coefficient (Wildman–Crippen LogP) is 3.37. The number of nitrogens with one attached hydrogen (secondary N) is 1. The van der Waals surface area contributed by atoms with Crippen molar-refractivity contribution in [2.24, 2.45) is 0 Å². The van der Waals surface area contributed by atoms with Crippen LogP contribution in [-0.4, -0.2) is 21.6 Å². The van der Waals surface area contributed by atoms with Crippen molar-refractivity contribution in [2.45, 2.75) is 11.5 Å². The third-order valence-corrected chi connectivity index (χ3v) is 4.23. The summed E-state index contributed by atoms with van der Waals surface area (Å²) in [5.41, 5.74) is 1.06. The number of benzene rings is 2. The maximum Gasteiger partial charge on any atom is 0.411 e. The van der Waals surface area contributed by atoms with Crippen LogP contribution in [0.2, 0.25) is 0 Å². The van der Waals surface area contributed by atoms with Crippen molar-refractivity contribution in [1.29, 1.82) is 0 Å². The van der Waals surface area contributed by atoms with E-state index >= 15 is 0 Å². The molecular formula is C15H14ClNO5S. The molecule has 0 aliphatic heterocycles. The first kappa shape index (κ1) is 17.1. The number of ether oxygens (including phenoxy) is 2. The number of hydrogen-bond acceptors (Lipinski definition) is 5. The van der Waals surface area contributed by atoms with Crippen LogP contribution in [0.4, 0.5) is 10.5 Å². The van der Waals surface area contributed by atoms with Gasteiger partial charge in [-0.15, -0.1) is 0 Å². The summed E-state index contributed by atoms with van der Waals surface area (Å²) < 4.78 is 33.0. The summed E-state index contributed by atoms with van der Waals surface area (Å²) in [6, 6.07) is 13.2. The Labute approximate surface area is 138 Å². The third-order valence-electron chi connectivity index (χ3n) is 2.89. The summed E-state index contributed by atoms with van der Waals surface area (Å²) in [6.07, 6.45) is -0.711. The molecule has 0 bridgehead atoms. The van der Waals surface area contributed by atoms with Crippen molar-refractivity contribution in [1.82, 2.24) is 0 Å². The summed E-state index contributed by atoms with van der Waals surface area (Å²) in [6.45, 7) is 0.101. The van der Waals surface area contributed by atoms with Gasteiger partial charge < -0.3 is 9.47 Å². The molecule has 8 heteroatoms. The van der Waals surface area contributed by atoms with E-state index < -0.39 is 15.1 Å². The Morgan fingerprint density at radius 3 is 2.48 bits per heavy atom. The van der Waals surface area contributed by atoms with Gasteiger partial charge in [-0.3, -0.25) is 5.32 Å². The van der Waals surface area contributed by atoms with E-state index in [4.69, 9.17) is 20.2 Å². The van der Waals surface area contributed by atoms with E-state index in [1.165, 1.54) is 25.3 Å². The second-order valence-corrected chi connectivity index (χ2v) is 7.02. The van der Waals surface area contributed by atoms with Gasteiger partial charge >= 0.3 is 6.09 Å². The second-order valence-electron chi connectivity index (χ2n) is 4.49. The van der Waals surface area contributed by atoms with E-state index in [0.29, 0.717) is 0 Å². The van der Waals surface area contributed by atoms with Gasteiger partial charge in [-0.05, 0) is 23.8 Å². The van der Waals surface area contributed by atoms with Crippen molar-refractivity contribution in [2.75, 3.05) is 12.4 Å². The number of halogens is 1. The predicted molar refractivity (Wildman–Crippen MR) is 86.3 cm³/mol. The van der Waals surface area contributed by atoms with Gasteiger partial charge in [0.1, 0.15) is 17.3 Å². The van der Waals surface area contributed by atoms with Gasteiger partial charge in [-0.2, -0.15) is 0 Å². The van der Waals surface area contributed by atoms with Gasteiger partial charge in [0.25, 0.3) is 9.05 Å². The van der Waals surface area contributed by atoms with E-state index in [9.17, 15) is 13.2 Å². The lowest BCUT2D eigenvalue weighted by molar-refractivity contribution is 0.155. The summed E-state index contributed by atoms with van der Waals surface area (Å²) in [5.74, 6) is 0.0863. The van der Waals surface area contributed by atoms with Crippen molar-refractivity contribution in [3.63, 3.8) is 0 Å². The van der Waals surface area contributed by atoms with Crippen LogP contribution in [0.5, 0.6) is 5.75 Å². The molecule has 0 aliphatic carbocycles. The van der Waals surface area contributed by atoms with Gasteiger partial charge in [0.05, 0.1) is 7.11 Å². The van der Waals surface area contributed by atoms with Crippen LogP contribution in [0.15, 0.2) is 53.4 Å². The summed E-state index contributed by atoms with van der Waals surface area (Å²) in [5, 5.41) is 2.44. The Kier molecular flexibility index (Phi) is 5.46. The highest BCUT2D eigenvalue weighted by Crippen LogP contribution is 2.29. The normalized spacial score (nSPS) is 10.9. The number of amides is 1. The highest BCUT2D eigenvalue weighted by Gasteiger charge is 2.18. The molecule has 2 aromatic rings. The minimum Gasteiger partial charge on any atom is -0.495 e. The van der Waals surface area contributed by atoms with Gasteiger partial charge in [0, 0.05) is 16.4 Å². The maximum absolute atomic E-state index is 11.8. The molecule has 1 amide bonds. The van der Waals surface area contributed by atoms with Crippen molar-refractivity contribution < 1.29 is 22.7 Å². The van der Waals surface area contributed by atoms with Crippen LogP contribution < -0.4 is 10.1 Å². The van der Waals surface area contributed by atoms with Gasteiger partial charge in [-0.1, -0.05) is 30.3 Å². The van der Waals surface area contributed by atoms with Crippen molar-refractivity contribution in [3.05, 3.63) is 54.1 Å². The highest BCUT2D eigenvalue weighted by molar-refractivity contribution is 8.13. The van der Waals surface area contributed by atoms with Crippen LogP contribution in [0, 0.1) is 0 Å². The zero-order chi connectivity index (χ0) is 16.9. The lowest BCUT2D eigenvalue weighted by atomic mass is 10.2. The van der Waals surface area contributed by atoms with E-state index in [2.05, 4.69) is 5.32 Å². The van der Waals surface area contributed by atoms with Crippen LogP contribution in [-0.2, 0) is 20.4 Å². The average molecular weight is 356 g/mol. The molecule has 122 valence electrons. The molecule has 0 unspecified atom stereocenters. The molecule has 2 rings (SSSR count). The van der Waals surface area contributed by atoms with E-state index in [-0.39, 0.29) is 22.9 Å². The molecule has 2 aromatic carbocycles. The number of methoxy groups -OCH3 is 1. The molecule has 0 aromatic heterocycles. The number of carbonyl (C=O) groups is 1. The minimum atomic E-state index is -4.00. The summed E-state index contributed by atoms with van der Waals surface area (Å²) >= 11 is 0. The van der Waals surface area contributed by atoms with Crippen LogP contribution >= 0.6 is 10.7 Å². The molecule has 0 saturated heterocycles. The minimum absolute atomic E-state index is 0.0863. The van der Waals surface area contributed by atoms with E-state index in [1.807, 2.05) is 30.3 Å². The largest absolute Gasteiger partial charge is 0.495 e. The summed E-state index contributed by atoms with van der Waals surface area (Å²) in [4.78, 5) is 11.5. The Morgan fingerprint density at radius 1 is 1.17 bits per heavy atom. The first-order valence-electron chi connectivity index (χ1n) is 6.50. The Hall–Kier alpha value is -2.25. The maximum atomic E-state index is 11.8. The third kappa shape index (κ3) is 4.87. The van der Waals surface area contributed by atoms with Crippen LogP contribution in [0.1, 0.15) is 5.56 Å². The quantitative estimate of drug-likeness (QED) is 0.831. The van der Waals surface area contributed by atoms with Gasteiger partial charge in [0.15, 0.2) is 0 Å². The van der Waals surface area contributed by atoms with Crippen LogP contribution in [0.3, 0.4) is 0 Å². The number of hydrogen-bond donors (Lipinski definition) is 1. The number of anilines is 1. The molecule has 6 nitrogen and oxygen atoms in total. The lowest BCUT2D eigenvalue weighted by Crippen LogP contribution is -2.13. The highest BCUT2D eigenvalue weighted by atomic mass is 35.7. The Balaban J connectivity index is 2.06. The molecule has 0 fully saturated rings. The molecule has 0 saturated carbocycles. The van der Waals surface area contributed by atoms with Crippen molar-refractivity contribution in [3.8, 4) is 5.75 Å². The fraction of sp³-hybridized carbons (Fsp3) is 0.133. The van der Waals surface area contributed by atoms with Crippen molar-refractivity contribution >= 4 is 31.5 Å². The first-order chi connectivity index (χ1) is 10.9. The monoisotopic (exact) mass is 355 g/mol. The topological polar surface area (TPSA) is 81.7 Å². The molecule has 0 spiro atoms.